The predicted molar refractivity (Wildman–Crippen MR) is 81.8 cm³/mol. The third-order valence-electron chi connectivity index (χ3n) is 3.86. The van der Waals surface area contributed by atoms with E-state index in [1.165, 1.54) is 5.56 Å². The minimum absolute atomic E-state index is 0.0365. The van der Waals surface area contributed by atoms with Crippen molar-refractivity contribution in [3.8, 4) is 0 Å². The van der Waals surface area contributed by atoms with Crippen molar-refractivity contribution in [2.45, 2.75) is 12.3 Å². The van der Waals surface area contributed by atoms with Crippen LogP contribution in [0.1, 0.15) is 28.4 Å². The molecule has 0 aliphatic carbocycles. The quantitative estimate of drug-likeness (QED) is 0.667. The van der Waals surface area contributed by atoms with Crippen LogP contribution in [0.5, 0.6) is 0 Å². The molecular weight excluding hydrogens is 264 g/mol. The van der Waals surface area contributed by atoms with Gasteiger partial charge in [0.05, 0.1) is 0 Å². The van der Waals surface area contributed by atoms with E-state index in [0.717, 1.165) is 19.5 Å². The van der Waals surface area contributed by atoms with Gasteiger partial charge in [0, 0.05) is 19.0 Å². The second-order valence-electron chi connectivity index (χ2n) is 5.20. The maximum absolute atomic E-state index is 12.5. The molecule has 3 rings (SSSR count). The van der Waals surface area contributed by atoms with E-state index in [4.69, 9.17) is 5.84 Å². The first-order valence-corrected chi connectivity index (χ1v) is 7.06. The molecule has 1 fully saturated rings. The van der Waals surface area contributed by atoms with Gasteiger partial charge in [-0.05, 0) is 24.1 Å². The van der Waals surface area contributed by atoms with Crippen molar-refractivity contribution in [3.05, 3.63) is 59.8 Å². The van der Waals surface area contributed by atoms with Gasteiger partial charge < -0.3 is 10.3 Å². The van der Waals surface area contributed by atoms with Crippen molar-refractivity contribution in [2.75, 3.05) is 18.5 Å². The molecule has 0 radical (unpaired) electrons. The van der Waals surface area contributed by atoms with Gasteiger partial charge in [-0.25, -0.2) is 10.8 Å². The zero-order valence-corrected chi connectivity index (χ0v) is 11.7. The van der Waals surface area contributed by atoms with Crippen molar-refractivity contribution in [3.63, 3.8) is 0 Å². The normalized spacial score (nSPS) is 17.8. The number of pyridine rings is 1. The number of amides is 1. The number of nitrogens with zero attached hydrogens (tertiary/aromatic N) is 2. The van der Waals surface area contributed by atoms with Crippen molar-refractivity contribution >= 4 is 11.7 Å². The Morgan fingerprint density at radius 2 is 2.00 bits per heavy atom. The third-order valence-corrected chi connectivity index (χ3v) is 3.86. The van der Waals surface area contributed by atoms with Gasteiger partial charge in [0.25, 0.3) is 5.91 Å². The number of hydrogen-bond acceptors (Lipinski definition) is 4. The van der Waals surface area contributed by atoms with Crippen molar-refractivity contribution < 1.29 is 4.79 Å². The molecule has 1 aromatic heterocycles. The maximum Gasteiger partial charge on any atom is 0.272 e. The number of hydrazine groups is 1. The molecule has 1 amide bonds. The average molecular weight is 282 g/mol. The molecule has 21 heavy (non-hydrogen) atoms. The topological polar surface area (TPSA) is 71.2 Å². The molecule has 108 valence electrons. The molecule has 1 saturated heterocycles. The molecule has 1 aromatic carbocycles. The minimum atomic E-state index is -0.0365. The first-order chi connectivity index (χ1) is 10.3. The number of aromatic nitrogens is 1. The number of nitrogens with two attached hydrogens (primary N) is 1. The number of rotatable bonds is 3. The zero-order chi connectivity index (χ0) is 14.7. The summed E-state index contributed by atoms with van der Waals surface area (Å²) in [5.74, 6) is 6.20. The lowest BCUT2D eigenvalue weighted by Crippen LogP contribution is -2.29. The van der Waals surface area contributed by atoms with E-state index in [1.54, 1.807) is 18.2 Å². The maximum atomic E-state index is 12.5. The first-order valence-electron chi connectivity index (χ1n) is 7.06. The second kappa shape index (κ2) is 5.93. The fraction of sp³-hybridized carbons (Fsp3) is 0.250. The van der Waals surface area contributed by atoms with Gasteiger partial charge in [-0.15, -0.1) is 0 Å². The second-order valence-corrected chi connectivity index (χ2v) is 5.20. The molecule has 1 aliphatic heterocycles. The number of carbonyl (C=O) groups excluding carboxylic acids is 1. The Labute approximate surface area is 123 Å². The Balaban J connectivity index is 1.72. The number of carbonyl (C=O) groups is 1. The van der Waals surface area contributed by atoms with Crippen LogP contribution in [0.3, 0.4) is 0 Å². The number of hydrogen-bond donors (Lipinski definition) is 2. The molecule has 0 spiro atoms. The highest BCUT2D eigenvalue weighted by Crippen LogP contribution is 2.27. The third kappa shape index (κ3) is 2.87. The summed E-state index contributed by atoms with van der Waals surface area (Å²) >= 11 is 0. The van der Waals surface area contributed by atoms with E-state index in [1.807, 2.05) is 23.1 Å². The molecule has 2 aromatic rings. The van der Waals surface area contributed by atoms with E-state index < -0.39 is 0 Å². The van der Waals surface area contributed by atoms with Crippen LogP contribution in [0.4, 0.5) is 5.82 Å². The molecule has 1 unspecified atom stereocenters. The standard InChI is InChI=1S/C16H18N4O/c17-19-15-8-4-7-14(18-15)16(21)20-10-9-13(11-20)12-5-2-1-3-6-12/h1-8,13H,9-11,17H2,(H,18,19). The van der Waals surface area contributed by atoms with Gasteiger partial charge in [0.15, 0.2) is 0 Å². The zero-order valence-electron chi connectivity index (χ0n) is 11.7. The van der Waals surface area contributed by atoms with Crippen LogP contribution in [0.2, 0.25) is 0 Å². The van der Waals surface area contributed by atoms with E-state index in [9.17, 15) is 4.79 Å². The summed E-state index contributed by atoms with van der Waals surface area (Å²) in [6.45, 7) is 1.51. The summed E-state index contributed by atoms with van der Waals surface area (Å²) in [7, 11) is 0. The largest absolute Gasteiger partial charge is 0.337 e. The average Bonchev–Trinajstić information content (AvgIpc) is 3.05. The van der Waals surface area contributed by atoms with Gasteiger partial charge in [-0.2, -0.15) is 0 Å². The van der Waals surface area contributed by atoms with Gasteiger partial charge in [-0.1, -0.05) is 36.4 Å². The number of benzene rings is 1. The van der Waals surface area contributed by atoms with Crippen LogP contribution in [0.15, 0.2) is 48.5 Å². The lowest BCUT2D eigenvalue weighted by Gasteiger charge is -2.16. The van der Waals surface area contributed by atoms with Crippen LogP contribution in [0.25, 0.3) is 0 Å². The van der Waals surface area contributed by atoms with E-state index >= 15 is 0 Å². The number of anilines is 1. The summed E-state index contributed by atoms with van der Waals surface area (Å²) in [5, 5.41) is 0. The summed E-state index contributed by atoms with van der Waals surface area (Å²) in [6.07, 6.45) is 0.991. The van der Waals surface area contributed by atoms with Crippen molar-refractivity contribution in [2.24, 2.45) is 5.84 Å². The highest BCUT2D eigenvalue weighted by Gasteiger charge is 2.28. The van der Waals surface area contributed by atoms with E-state index in [-0.39, 0.29) is 5.91 Å². The van der Waals surface area contributed by atoms with Crippen molar-refractivity contribution in [1.29, 1.82) is 0 Å². The van der Waals surface area contributed by atoms with E-state index in [0.29, 0.717) is 17.4 Å². The molecule has 3 N–H and O–H groups in total. The van der Waals surface area contributed by atoms with E-state index in [2.05, 4.69) is 22.5 Å². The fourth-order valence-corrected chi connectivity index (χ4v) is 2.74. The van der Waals surface area contributed by atoms with Crippen LogP contribution in [0, 0.1) is 0 Å². The summed E-state index contributed by atoms with van der Waals surface area (Å²) in [4.78, 5) is 18.6. The molecule has 1 aliphatic rings. The highest BCUT2D eigenvalue weighted by molar-refractivity contribution is 5.92. The smallest absolute Gasteiger partial charge is 0.272 e. The Morgan fingerprint density at radius 1 is 1.19 bits per heavy atom. The first kappa shape index (κ1) is 13.6. The predicted octanol–water partition coefficient (Wildman–Crippen LogP) is 2.00. The molecule has 0 saturated carbocycles. The van der Waals surface area contributed by atoms with Gasteiger partial charge >= 0.3 is 0 Å². The summed E-state index contributed by atoms with van der Waals surface area (Å²) in [6, 6.07) is 15.6. The van der Waals surface area contributed by atoms with Gasteiger partial charge in [-0.3, -0.25) is 4.79 Å². The molecule has 2 heterocycles. The van der Waals surface area contributed by atoms with Crippen LogP contribution in [-0.4, -0.2) is 28.9 Å². The minimum Gasteiger partial charge on any atom is -0.337 e. The highest BCUT2D eigenvalue weighted by atomic mass is 16.2. The molecule has 1 atom stereocenters. The van der Waals surface area contributed by atoms with Gasteiger partial charge in [0.1, 0.15) is 11.5 Å². The SMILES string of the molecule is NNc1cccc(C(=O)N2CCC(c3ccccc3)C2)n1. The Kier molecular flexibility index (Phi) is 3.83. The Hall–Kier alpha value is -2.40. The van der Waals surface area contributed by atoms with Crippen LogP contribution >= 0.6 is 0 Å². The summed E-state index contributed by atoms with van der Waals surface area (Å²) < 4.78 is 0. The lowest BCUT2D eigenvalue weighted by atomic mass is 9.99. The Bertz CT molecular complexity index is 629. The lowest BCUT2D eigenvalue weighted by molar-refractivity contribution is 0.0785. The number of nitrogen functional groups attached to an aromatic ring is 1. The number of likely N-dealkylation sites (tertiary alicyclic amines) is 1. The fourth-order valence-electron chi connectivity index (χ4n) is 2.74. The van der Waals surface area contributed by atoms with Crippen LogP contribution < -0.4 is 11.3 Å². The Morgan fingerprint density at radius 3 is 2.76 bits per heavy atom. The molecule has 5 nitrogen and oxygen atoms in total. The number of nitrogens with one attached hydrogen (secondary N) is 1. The molecule has 0 bridgehead atoms. The molecule has 5 heteroatoms. The van der Waals surface area contributed by atoms with Gasteiger partial charge in [0.2, 0.25) is 0 Å². The molecular formula is C16H18N4O. The van der Waals surface area contributed by atoms with Crippen LogP contribution in [-0.2, 0) is 0 Å². The van der Waals surface area contributed by atoms with Crippen molar-refractivity contribution in [1.82, 2.24) is 9.88 Å². The summed E-state index contributed by atoms with van der Waals surface area (Å²) in [5.41, 5.74) is 4.19. The monoisotopic (exact) mass is 282 g/mol.